The summed E-state index contributed by atoms with van der Waals surface area (Å²) in [6.07, 6.45) is 0. The van der Waals surface area contributed by atoms with Gasteiger partial charge in [-0.1, -0.05) is 121 Å². The van der Waals surface area contributed by atoms with Crippen LogP contribution < -0.4 is 0 Å². The SMILES string of the molecule is S=C1SC(=S)c2ccc3c4ccc5c6c(ccc(c7ccc1c2c73)c64)C(=S)SC5=S. The Morgan fingerprint density at radius 2 is 0.633 bits per heavy atom. The summed E-state index contributed by atoms with van der Waals surface area (Å²) in [5, 5.41) is 9.81. The molecular formula is C24H8S6. The van der Waals surface area contributed by atoms with Gasteiger partial charge in [-0.25, -0.2) is 0 Å². The summed E-state index contributed by atoms with van der Waals surface area (Å²) in [6, 6.07) is 17.5. The van der Waals surface area contributed by atoms with Gasteiger partial charge in [-0.3, -0.25) is 0 Å². The highest BCUT2D eigenvalue weighted by Gasteiger charge is 2.27. The molecule has 0 unspecified atom stereocenters. The molecule has 5 aromatic carbocycles. The van der Waals surface area contributed by atoms with Crippen LogP contribution in [-0.2, 0) is 0 Å². The van der Waals surface area contributed by atoms with Gasteiger partial charge in [-0.15, -0.1) is 0 Å². The molecule has 6 heteroatoms. The lowest BCUT2D eigenvalue weighted by Crippen LogP contribution is -2.10. The van der Waals surface area contributed by atoms with Crippen LogP contribution in [0.1, 0.15) is 22.3 Å². The van der Waals surface area contributed by atoms with Gasteiger partial charge in [-0.05, 0) is 32.3 Å². The molecule has 0 aromatic heterocycles. The van der Waals surface area contributed by atoms with Crippen LogP contribution in [0.4, 0.5) is 0 Å². The Hall–Kier alpha value is -1.54. The highest BCUT2D eigenvalue weighted by molar-refractivity contribution is 8.39. The number of benzene rings is 5. The van der Waals surface area contributed by atoms with Crippen molar-refractivity contribution in [3.63, 3.8) is 0 Å². The van der Waals surface area contributed by atoms with E-state index in [2.05, 4.69) is 48.5 Å². The van der Waals surface area contributed by atoms with Crippen LogP contribution in [0.15, 0.2) is 48.5 Å². The second-order valence-electron chi connectivity index (χ2n) is 7.50. The normalized spacial score (nSPS) is 16.0. The van der Waals surface area contributed by atoms with Crippen molar-refractivity contribution in [2.24, 2.45) is 0 Å². The van der Waals surface area contributed by atoms with E-state index in [1.165, 1.54) is 66.6 Å². The second-order valence-corrected chi connectivity index (χ2v) is 12.2. The molecule has 2 aliphatic rings. The van der Waals surface area contributed by atoms with Gasteiger partial charge < -0.3 is 0 Å². The Kier molecular flexibility index (Phi) is 3.63. The Balaban J connectivity index is 1.82. The highest BCUT2D eigenvalue weighted by atomic mass is 32.2. The Labute approximate surface area is 201 Å². The van der Waals surface area contributed by atoms with E-state index in [0.717, 1.165) is 39.0 Å². The molecule has 2 aliphatic heterocycles. The third-order valence-corrected chi connectivity index (χ3v) is 9.65. The zero-order valence-electron chi connectivity index (χ0n) is 15.1. The summed E-state index contributed by atoms with van der Waals surface area (Å²) >= 11 is 25.8. The molecular weight excluding hydrogens is 481 g/mol. The van der Waals surface area contributed by atoms with E-state index in [-0.39, 0.29) is 0 Å². The molecule has 140 valence electrons. The molecule has 2 heterocycles. The van der Waals surface area contributed by atoms with Crippen molar-refractivity contribution < 1.29 is 0 Å². The van der Waals surface area contributed by atoms with Gasteiger partial charge in [0.05, 0.1) is 16.8 Å². The predicted octanol–water partition coefficient (Wildman–Crippen LogP) is 7.93. The maximum atomic E-state index is 5.68. The van der Waals surface area contributed by atoms with E-state index in [1.807, 2.05) is 0 Å². The molecule has 0 bridgehead atoms. The third-order valence-electron chi connectivity index (χ3n) is 6.15. The smallest absolute Gasteiger partial charge is 0.0714 e. The minimum Gasteiger partial charge on any atom is -0.0714 e. The predicted molar refractivity (Wildman–Crippen MR) is 150 cm³/mol. The zero-order chi connectivity index (χ0) is 20.3. The fourth-order valence-corrected chi connectivity index (χ4v) is 8.41. The molecule has 0 saturated heterocycles. The van der Waals surface area contributed by atoms with Crippen LogP contribution in [0.25, 0.3) is 43.1 Å². The average molecular weight is 489 g/mol. The summed E-state index contributed by atoms with van der Waals surface area (Å²) in [4.78, 5) is 0. The van der Waals surface area contributed by atoms with Crippen molar-refractivity contribution in [1.29, 1.82) is 0 Å². The highest BCUT2D eigenvalue weighted by Crippen LogP contribution is 2.48. The number of thiocarbonyl (C=S) groups is 4. The fraction of sp³-hybridized carbons (Fsp3) is 0. The minimum atomic E-state index is 0.861. The van der Waals surface area contributed by atoms with Crippen molar-refractivity contribution in [1.82, 2.24) is 0 Å². The molecule has 5 aromatic rings. The van der Waals surface area contributed by atoms with E-state index >= 15 is 0 Å². The van der Waals surface area contributed by atoms with Crippen molar-refractivity contribution in [3.8, 4) is 0 Å². The molecule has 7 rings (SSSR count). The Bertz CT molecular complexity index is 1470. The molecule has 0 atom stereocenters. The lowest BCUT2D eigenvalue weighted by molar-refractivity contribution is 1.73. The molecule has 0 radical (unpaired) electrons. The summed E-state index contributed by atoms with van der Waals surface area (Å²) in [6.45, 7) is 0. The van der Waals surface area contributed by atoms with Gasteiger partial charge >= 0.3 is 0 Å². The first-order valence-electron chi connectivity index (χ1n) is 9.28. The monoisotopic (exact) mass is 488 g/mol. The number of thioether (sulfide) groups is 2. The molecule has 0 saturated carbocycles. The number of fused-ring (bicyclic) bond motifs is 2. The minimum absolute atomic E-state index is 0.861. The summed E-state index contributed by atoms with van der Waals surface area (Å²) in [5.74, 6) is 0. The zero-order valence-corrected chi connectivity index (χ0v) is 20.0. The molecule has 0 nitrogen and oxygen atoms in total. The van der Waals surface area contributed by atoms with Crippen molar-refractivity contribution in [2.45, 2.75) is 0 Å². The first kappa shape index (κ1) is 18.1. The number of hydrogen-bond acceptors (Lipinski definition) is 6. The lowest BCUT2D eigenvalue weighted by Gasteiger charge is -2.25. The van der Waals surface area contributed by atoms with Crippen LogP contribution in [0.2, 0.25) is 0 Å². The largest absolute Gasteiger partial charge is 0.0840 e. The summed E-state index contributed by atoms with van der Waals surface area (Å²) in [7, 11) is 0. The molecule has 30 heavy (non-hydrogen) atoms. The van der Waals surface area contributed by atoms with Crippen molar-refractivity contribution in [2.75, 3.05) is 0 Å². The first-order valence-corrected chi connectivity index (χ1v) is 12.5. The molecule has 0 amide bonds. The third kappa shape index (κ3) is 2.10. The fourth-order valence-electron chi connectivity index (χ4n) is 4.96. The van der Waals surface area contributed by atoms with Crippen molar-refractivity contribution >= 4 is 132 Å². The van der Waals surface area contributed by atoms with Gasteiger partial charge in [-0.2, -0.15) is 0 Å². The van der Waals surface area contributed by atoms with Gasteiger partial charge in [0.25, 0.3) is 0 Å². The standard InChI is InChI=1S/C24H8S6/c25-21-13-5-1-9-10-2-6-15-20-16(24(28)30-23(15)27)8-4-12(18(10)20)11-3-7-14(22(26)29-21)19(13)17(9)11/h1-8H. The van der Waals surface area contributed by atoms with Crippen LogP contribution in [0.3, 0.4) is 0 Å². The van der Waals surface area contributed by atoms with Crippen LogP contribution in [0.5, 0.6) is 0 Å². The van der Waals surface area contributed by atoms with E-state index in [1.54, 1.807) is 0 Å². The van der Waals surface area contributed by atoms with E-state index in [4.69, 9.17) is 48.9 Å². The van der Waals surface area contributed by atoms with Gasteiger partial charge in [0, 0.05) is 33.0 Å². The van der Waals surface area contributed by atoms with Crippen LogP contribution in [-0.4, -0.2) is 16.8 Å². The first-order chi connectivity index (χ1) is 14.5. The molecule has 0 N–H and O–H groups in total. The lowest BCUT2D eigenvalue weighted by atomic mass is 9.85. The van der Waals surface area contributed by atoms with Gasteiger partial charge in [0.2, 0.25) is 0 Å². The average Bonchev–Trinajstić information content (AvgIpc) is 2.74. The Morgan fingerprint density at radius 3 is 0.900 bits per heavy atom. The quantitative estimate of drug-likeness (QED) is 0.122. The van der Waals surface area contributed by atoms with E-state index in [0.29, 0.717) is 0 Å². The summed E-state index contributed by atoms with van der Waals surface area (Å²) in [5.41, 5.74) is 4.47. The van der Waals surface area contributed by atoms with Gasteiger partial charge in [0.1, 0.15) is 0 Å². The second kappa shape index (κ2) is 6.03. The molecule has 0 aliphatic carbocycles. The maximum Gasteiger partial charge on any atom is 0.0840 e. The van der Waals surface area contributed by atoms with Crippen LogP contribution in [0, 0.1) is 0 Å². The van der Waals surface area contributed by atoms with E-state index in [9.17, 15) is 0 Å². The van der Waals surface area contributed by atoms with Gasteiger partial charge in [0.15, 0.2) is 0 Å². The summed E-state index contributed by atoms with van der Waals surface area (Å²) < 4.78 is 3.44. The number of hydrogen-bond donors (Lipinski definition) is 0. The van der Waals surface area contributed by atoms with Crippen molar-refractivity contribution in [3.05, 3.63) is 70.8 Å². The number of rotatable bonds is 0. The topological polar surface area (TPSA) is 0 Å². The molecule has 0 fully saturated rings. The molecule has 0 spiro atoms. The Morgan fingerprint density at radius 1 is 0.367 bits per heavy atom. The van der Waals surface area contributed by atoms with E-state index < -0.39 is 0 Å². The maximum absolute atomic E-state index is 5.68. The van der Waals surface area contributed by atoms with Crippen LogP contribution >= 0.6 is 72.4 Å².